The third kappa shape index (κ3) is 2.73. The van der Waals surface area contributed by atoms with Gasteiger partial charge in [0.25, 0.3) is 5.89 Å². The first-order valence-corrected chi connectivity index (χ1v) is 8.62. The number of aromatic nitrogens is 5. The molecule has 1 fully saturated rings. The van der Waals surface area contributed by atoms with Crippen LogP contribution in [0.5, 0.6) is 0 Å². The Morgan fingerprint density at radius 3 is 2.84 bits per heavy atom. The number of pyridine rings is 1. The Labute approximate surface area is 149 Å². The monoisotopic (exact) mass is 359 g/mol. The average Bonchev–Trinajstić information content (AvgIpc) is 3.24. The number of nitrogens with zero attached hydrogens (tertiary/aromatic N) is 5. The molecule has 1 aliphatic carbocycles. The molecule has 1 aliphatic rings. The van der Waals surface area contributed by atoms with Gasteiger partial charge in [0.2, 0.25) is 0 Å². The quantitative estimate of drug-likeness (QED) is 0.704. The lowest BCUT2D eigenvalue weighted by Crippen LogP contribution is -2.36. The lowest BCUT2D eigenvalue weighted by atomic mass is 9.64. The molecule has 0 radical (unpaired) electrons. The van der Waals surface area contributed by atoms with Gasteiger partial charge in [0.05, 0.1) is 29.8 Å². The summed E-state index contributed by atoms with van der Waals surface area (Å²) >= 11 is 5.90. The molecule has 8 heteroatoms. The smallest absolute Gasteiger partial charge is 0.261 e. The van der Waals surface area contributed by atoms with Crippen molar-refractivity contribution < 1.29 is 9.63 Å². The lowest BCUT2D eigenvalue weighted by molar-refractivity contribution is 0.230. The summed E-state index contributed by atoms with van der Waals surface area (Å²) in [4.78, 5) is 8.81. The summed E-state index contributed by atoms with van der Waals surface area (Å²) in [7, 11) is 0. The van der Waals surface area contributed by atoms with Crippen molar-refractivity contribution in [1.82, 2.24) is 24.9 Å². The molecule has 0 amide bonds. The molecule has 0 spiro atoms. The molecule has 0 aromatic carbocycles. The van der Waals surface area contributed by atoms with Crippen molar-refractivity contribution in [2.45, 2.75) is 37.6 Å². The Hall–Kier alpha value is -2.25. The minimum absolute atomic E-state index is 0.0167. The van der Waals surface area contributed by atoms with Crippen molar-refractivity contribution in [2.24, 2.45) is 0 Å². The van der Waals surface area contributed by atoms with E-state index in [9.17, 15) is 5.11 Å². The van der Waals surface area contributed by atoms with Crippen LogP contribution < -0.4 is 0 Å². The van der Waals surface area contributed by atoms with Crippen molar-refractivity contribution in [3.8, 4) is 11.5 Å². The van der Waals surface area contributed by atoms with Crippen LogP contribution in [0, 0.1) is 0 Å². The van der Waals surface area contributed by atoms with E-state index in [4.69, 9.17) is 16.1 Å². The van der Waals surface area contributed by atoms with Crippen molar-refractivity contribution in [3.05, 3.63) is 47.3 Å². The van der Waals surface area contributed by atoms with E-state index in [2.05, 4.69) is 20.2 Å². The minimum atomic E-state index is -0.256. The van der Waals surface area contributed by atoms with Crippen LogP contribution in [-0.2, 0) is 5.41 Å². The number of aliphatic hydroxyl groups is 1. The second-order valence-electron chi connectivity index (χ2n) is 6.47. The Morgan fingerprint density at radius 1 is 1.36 bits per heavy atom. The fourth-order valence-electron chi connectivity index (χ4n) is 3.14. The molecule has 7 nitrogen and oxygen atoms in total. The molecule has 0 bridgehead atoms. The van der Waals surface area contributed by atoms with Crippen LogP contribution in [0.3, 0.4) is 0 Å². The van der Waals surface area contributed by atoms with E-state index in [1.807, 2.05) is 13.0 Å². The third-order valence-electron chi connectivity index (χ3n) is 4.91. The minimum Gasteiger partial charge on any atom is -0.394 e. The summed E-state index contributed by atoms with van der Waals surface area (Å²) in [5, 5.41) is 18.2. The van der Waals surface area contributed by atoms with Gasteiger partial charge in [-0.3, -0.25) is 4.68 Å². The molecule has 3 heterocycles. The largest absolute Gasteiger partial charge is 0.394 e. The standard InChI is InChI=1S/C17H18ClN5O2/c1-11(10-24)23-9-12(7-20-23)15-21-16(22-25-15)17(5-2-6-17)13-3-4-14(18)19-8-13/h3-4,7-9,11,24H,2,5-6,10H2,1H3. The van der Waals surface area contributed by atoms with Crippen LogP contribution in [0.1, 0.15) is 43.6 Å². The molecule has 25 heavy (non-hydrogen) atoms. The van der Waals surface area contributed by atoms with Gasteiger partial charge in [0.15, 0.2) is 5.82 Å². The van der Waals surface area contributed by atoms with E-state index in [0.29, 0.717) is 16.9 Å². The summed E-state index contributed by atoms with van der Waals surface area (Å²) in [6.07, 6.45) is 8.28. The predicted molar refractivity (Wildman–Crippen MR) is 91.2 cm³/mol. The van der Waals surface area contributed by atoms with Crippen molar-refractivity contribution in [3.63, 3.8) is 0 Å². The third-order valence-corrected chi connectivity index (χ3v) is 5.13. The first kappa shape index (κ1) is 16.2. The Balaban J connectivity index is 1.66. The fourth-order valence-corrected chi connectivity index (χ4v) is 3.25. The highest BCUT2D eigenvalue weighted by atomic mass is 35.5. The molecule has 1 N–H and O–H groups in total. The molecule has 1 unspecified atom stereocenters. The van der Waals surface area contributed by atoms with E-state index in [-0.39, 0.29) is 18.1 Å². The normalized spacial score (nSPS) is 17.2. The Kier molecular flexibility index (Phi) is 4.05. The summed E-state index contributed by atoms with van der Waals surface area (Å²) < 4.78 is 7.16. The van der Waals surface area contributed by atoms with Crippen molar-refractivity contribution in [2.75, 3.05) is 6.61 Å². The summed E-state index contributed by atoms with van der Waals surface area (Å²) in [6, 6.07) is 3.67. The summed E-state index contributed by atoms with van der Waals surface area (Å²) in [5.74, 6) is 1.10. The van der Waals surface area contributed by atoms with Crippen LogP contribution in [0.4, 0.5) is 0 Å². The first-order valence-electron chi connectivity index (χ1n) is 8.24. The molecule has 4 rings (SSSR count). The lowest BCUT2D eigenvalue weighted by Gasteiger charge is -2.39. The van der Waals surface area contributed by atoms with Gasteiger partial charge in [-0.15, -0.1) is 0 Å². The summed E-state index contributed by atoms with van der Waals surface area (Å²) in [6.45, 7) is 1.90. The molecule has 0 saturated heterocycles. The maximum Gasteiger partial charge on any atom is 0.261 e. The number of aliphatic hydroxyl groups excluding tert-OH is 1. The molecule has 130 valence electrons. The van der Waals surface area contributed by atoms with Gasteiger partial charge in [0, 0.05) is 12.4 Å². The van der Waals surface area contributed by atoms with Gasteiger partial charge in [-0.25, -0.2) is 4.98 Å². The van der Waals surface area contributed by atoms with Crippen LogP contribution in [0.2, 0.25) is 5.15 Å². The highest BCUT2D eigenvalue weighted by Gasteiger charge is 2.44. The number of halogens is 1. The number of hydrogen-bond acceptors (Lipinski definition) is 6. The van der Waals surface area contributed by atoms with Gasteiger partial charge in [-0.2, -0.15) is 10.1 Å². The van der Waals surface area contributed by atoms with Crippen LogP contribution in [-0.4, -0.2) is 36.6 Å². The van der Waals surface area contributed by atoms with E-state index >= 15 is 0 Å². The van der Waals surface area contributed by atoms with Gasteiger partial charge in [-0.05, 0) is 31.4 Å². The van der Waals surface area contributed by atoms with E-state index in [1.54, 1.807) is 29.3 Å². The topological polar surface area (TPSA) is 89.9 Å². The molecular weight excluding hydrogens is 342 g/mol. The molecular formula is C17H18ClN5O2. The second kappa shape index (κ2) is 6.24. The number of rotatable bonds is 5. The zero-order valence-electron chi connectivity index (χ0n) is 13.8. The highest BCUT2D eigenvalue weighted by molar-refractivity contribution is 6.29. The van der Waals surface area contributed by atoms with Gasteiger partial charge >= 0.3 is 0 Å². The molecule has 3 aromatic heterocycles. The van der Waals surface area contributed by atoms with Crippen molar-refractivity contribution >= 4 is 11.6 Å². The van der Waals surface area contributed by atoms with Crippen LogP contribution >= 0.6 is 11.6 Å². The van der Waals surface area contributed by atoms with E-state index in [1.165, 1.54) is 0 Å². The summed E-state index contributed by atoms with van der Waals surface area (Å²) in [5.41, 5.74) is 1.54. The average molecular weight is 360 g/mol. The molecule has 0 aliphatic heterocycles. The van der Waals surface area contributed by atoms with Crippen LogP contribution in [0.25, 0.3) is 11.5 Å². The second-order valence-corrected chi connectivity index (χ2v) is 6.86. The number of hydrogen-bond donors (Lipinski definition) is 1. The zero-order valence-corrected chi connectivity index (χ0v) is 14.5. The van der Waals surface area contributed by atoms with Gasteiger partial charge < -0.3 is 9.63 Å². The SMILES string of the molecule is CC(CO)n1cc(-c2nc(C3(c4ccc(Cl)nc4)CCC3)no2)cn1. The van der Waals surface area contributed by atoms with E-state index in [0.717, 1.165) is 30.4 Å². The molecule has 3 aromatic rings. The van der Waals surface area contributed by atoms with Crippen molar-refractivity contribution in [1.29, 1.82) is 0 Å². The predicted octanol–water partition coefficient (Wildman–Crippen LogP) is 3.00. The zero-order chi connectivity index (χ0) is 17.4. The fraction of sp³-hybridized carbons (Fsp3) is 0.412. The first-order chi connectivity index (χ1) is 12.1. The molecule has 1 atom stereocenters. The van der Waals surface area contributed by atoms with Gasteiger partial charge in [-0.1, -0.05) is 29.2 Å². The Bertz CT molecular complexity index is 869. The maximum atomic E-state index is 9.24. The maximum absolute atomic E-state index is 9.24. The molecule has 1 saturated carbocycles. The van der Waals surface area contributed by atoms with Gasteiger partial charge in [0.1, 0.15) is 5.15 Å². The van der Waals surface area contributed by atoms with Crippen LogP contribution in [0.15, 0.2) is 35.2 Å². The highest BCUT2D eigenvalue weighted by Crippen LogP contribution is 2.48. The van der Waals surface area contributed by atoms with E-state index < -0.39 is 0 Å². The Morgan fingerprint density at radius 2 is 2.20 bits per heavy atom.